The molecule has 1 fully saturated rings. The average Bonchev–Trinajstić information content (AvgIpc) is 3.08. The van der Waals surface area contributed by atoms with E-state index in [1.165, 1.54) is 12.1 Å². The molecular weight excluding hydrogens is 406 g/mol. The highest BCUT2D eigenvalue weighted by atomic mass is 19.3. The zero-order valence-electron chi connectivity index (χ0n) is 17.5. The van der Waals surface area contributed by atoms with Crippen molar-refractivity contribution in [2.45, 2.75) is 76.9 Å². The summed E-state index contributed by atoms with van der Waals surface area (Å²) < 4.78 is 29.6. The Hall–Kier alpha value is -2.84. The van der Waals surface area contributed by atoms with Gasteiger partial charge in [-0.25, -0.2) is 0 Å². The SMILES string of the molecule is CCCCC(=O)N[C@@H]1CCCCC1N1Cc2ccc(C(=N)OC(=N)C(F)F)cc2C1=O. The summed E-state index contributed by atoms with van der Waals surface area (Å²) in [6.45, 7) is 2.44. The number of fused-ring (bicyclic) bond motifs is 1. The number of ether oxygens (including phenoxy) is 1. The van der Waals surface area contributed by atoms with Gasteiger partial charge in [-0.05, 0) is 37.0 Å². The van der Waals surface area contributed by atoms with E-state index in [1.807, 2.05) is 6.92 Å². The second-order valence-corrected chi connectivity index (χ2v) is 8.03. The Kier molecular flexibility index (Phi) is 7.35. The lowest BCUT2D eigenvalue weighted by Crippen LogP contribution is -2.53. The van der Waals surface area contributed by atoms with Crippen LogP contribution in [0.1, 0.15) is 73.4 Å². The molecule has 168 valence electrons. The minimum atomic E-state index is -3.11. The lowest BCUT2D eigenvalue weighted by atomic mass is 9.89. The Labute approximate surface area is 180 Å². The second kappa shape index (κ2) is 9.98. The van der Waals surface area contributed by atoms with E-state index < -0.39 is 18.2 Å². The maximum absolute atomic E-state index is 13.1. The van der Waals surface area contributed by atoms with E-state index in [4.69, 9.17) is 10.8 Å². The van der Waals surface area contributed by atoms with Gasteiger partial charge in [0, 0.05) is 30.1 Å². The van der Waals surface area contributed by atoms with Crippen LogP contribution in [0, 0.1) is 10.8 Å². The van der Waals surface area contributed by atoms with Crippen LogP contribution in [0.3, 0.4) is 0 Å². The molecule has 3 N–H and O–H groups in total. The third-order valence-electron chi connectivity index (χ3n) is 5.85. The van der Waals surface area contributed by atoms with Crippen molar-refractivity contribution < 1.29 is 23.1 Å². The van der Waals surface area contributed by atoms with Crippen LogP contribution in [0.15, 0.2) is 18.2 Å². The smallest absolute Gasteiger partial charge is 0.312 e. The first-order chi connectivity index (χ1) is 14.8. The number of nitrogens with one attached hydrogen (secondary N) is 3. The largest absolute Gasteiger partial charge is 0.419 e. The van der Waals surface area contributed by atoms with Gasteiger partial charge in [0.2, 0.25) is 11.8 Å². The number of benzene rings is 1. The Morgan fingerprint density at radius 2 is 2.03 bits per heavy atom. The fourth-order valence-electron chi connectivity index (χ4n) is 4.21. The van der Waals surface area contributed by atoms with E-state index in [1.54, 1.807) is 11.0 Å². The summed E-state index contributed by atoms with van der Waals surface area (Å²) in [5.41, 5.74) is 1.34. The molecule has 2 aliphatic rings. The molecule has 1 aliphatic carbocycles. The van der Waals surface area contributed by atoms with Crippen molar-refractivity contribution in [3.05, 3.63) is 34.9 Å². The van der Waals surface area contributed by atoms with Crippen molar-refractivity contribution in [3.63, 3.8) is 0 Å². The minimum absolute atomic E-state index is 0.0114. The zero-order chi connectivity index (χ0) is 22.5. The molecule has 0 radical (unpaired) electrons. The molecule has 1 saturated carbocycles. The van der Waals surface area contributed by atoms with E-state index in [0.29, 0.717) is 18.5 Å². The monoisotopic (exact) mass is 434 g/mol. The summed E-state index contributed by atoms with van der Waals surface area (Å²) in [6, 6.07) is 4.47. The van der Waals surface area contributed by atoms with Crippen molar-refractivity contribution in [1.29, 1.82) is 10.8 Å². The predicted octanol–water partition coefficient (Wildman–Crippen LogP) is 3.84. The topological polar surface area (TPSA) is 106 Å². The maximum atomic E-state index is 13.1. The number of unbranched alkanes of at least 4 members (excludes halogenated alkanes) is 1. The number of carbonyl (C=O) groups excluding carboxylic acids is 2. The molecule has 1 aromatic rings. The van der Waals surface area contributed by atoms with Gasteiger partial charge in [-0.1, -0.05) is 32.3 Å². The number of rotatable bonds is 7. The highest BCUT2D eigenvalue weighted by molar-refractivity contribution is 6.04. The van der Waals surface area contributed by atoms with Crippen molar-refractivity contribution in [2.24, 2.45) is 0 Å². The molecule has 2 amide bonds. The van der Waals surface area contributed by atoms with Crippen LogP contribution in [0.2, 0.25) is 0 Å². The van der Waals surface area contributed by atoms with Crippen molar-refractivity contribution in [1.82, 2.24) is 10.2 Å². The van der Waals surface area contributed by atoms with Crippen molar-refractivity contribution in [3.8, 4) is 0 Å². The number of nitrogens with zero attached hydrogens (tertiary/aromatic N) is 1. The van der Waals surface area contributed by atoms with Crippen LogP contribution in [0.4, 0.5) is 8.78 Å². The average molecular weight is 434 g/mol. The fraction of sp³-hybridized carbons (Fsp3) is 0.545. The summed E-state index contributed by atoms with van der Waals surface area (Å²) in [5, 5.41) is 18.0. The number of hydrogen-bond acceptors (Lipinski definition) is 5. The molecule has 1 unspecified atom stereocenters. The summed E-state index contributed by atoms with van der Waals surface area (Å²) in [4.78, 5) is 27.2. The molecule has 3 rings (SSSR count). The number of alkyl halides is 2. The third-order valence-corrected chi connectivity index (χ3v) is 5.85. The fourth-order valence-corrected chi connectivity index (χ4v) is 4.21. The van der Waals surface area contributed by atoms with Gasteiger partial charge in [0.15, 0.2) is 0 Å². The van der Waals surface area contributed by atoms with Gasteiger partial charge in [-0.3, -0.25) is 20.4 Å². The molecule has 7 nitrogen and oxygen atoms in total. The van der Waals surface area contributed by atoms with Gasteiger partial charge in [0.05, 0.1) is 6.04 Å². The second-order valence-electron chi connectivity index (χ2n) is 8.03. The lowest BCUT2D eigenvalue weighted by Gasteiger charge is -2.38. The summed E-state index contributed by atoms with van der Waals surface area (Å²) in [7, 11) is 0. The molecule has 1 heterocycles. The van der Waals surface area contributed by atoms with Gasteiger partial charge in [-0.15, -0.1) is 0 Å². The first kappa shape index (κ1) is 22.8. The van der Waals surface area contributed by atoms with E-state index in [-0.39, 0.29) is 29.5 Å². The van der Waals surface area contributed by atoms with Gasteiger partial charge < -0.3 is 15.0 Å². The first-order valence-corrected chi connectivity index (χ1v) is 10.7. The van der Waals surface area contributed by atoms with Crippen molar-refractivity contribution in [2.75, 3.05) is 0 Å². The number of amides is 2. The van der Waals surface area contributed by atoms with Gasteiger partial charge in [0.25, 0.3) is 11.8 Å². The van der Waals surface area contributed by atoms with Gasteiger partial charge in [0.1, 0.15) is 0 Å². The van der Waals surface area contributed by atoms with Gasteiger partial charge in [-0.2, -0.15) is 8.78 Å². The molecule has 0 saturated heterocycles. The zero-order valence-corrected chi connectivity index (χ0v) is 17.5. The highest BCUT2D eigenvalue weighted by Crippen LogP contribution is 2.32. The normalized spacial score (nSPS) is 20.5. The van der Waals surface area contributed by atoms with Crippen LogP contribution in [-0.4, -0.2) is 47.0 Å². The maximum Gasteiger partial charge on any atom is 0.312 e. The van der Waals surface area contributed by atoms with Crippen molar-refractivity contribution >= 4 is 23.6 Å². The molecule has 2 atom stereocenters. The number of halogens is 2. The summed E-state index contributed by atoms with van der Waals surface area (Å²) in [5.74, 6) is -2.09. The number of carbonyl (C=O) groups is 2. The minimum Gasteiger partial charge on any atom is -0.419 e. The quantitative estimate of drug-likeness (QED) is 0.448. The molecule has 1 aromatic carbocycles. The van der Waals surface area contributed by atoms with Crippen LogP contribution < -0.4 is 5.32 Å². The van der Waals surface area contributed by atoms with Crippen LogP contribution in [0.5, 0.6) is 0 Å². The van der Waals surface area contributed by atoms with E-state index in [9.17, 15) is 18.4 Å². The molecule has 0 bridgehead atoms. The first-order valence-electron chi connectivity index (χ1n) is 10.7. The standard InChI is InChI=1S/C22H28F2N4O3/c1-2-3-8-18(29)27-16-6-4-5-7-17(16)28-12-14-10-9-13(11-15(14)22(28)30)20(25)31-21(26)19(23)24/h9-11,16-17,19,25-26H,2-8,12H2,1H3,(H,27,29)/t16-,17?/m1/s1. The van der Waals surface area contributed by atoms with Crippen LogP contribution in [0.25, 0.3) is 0 Å². The van der Waals surface area contributed by atoms with E-state index in [2.05, 4.69) is 10.1 Å². The van der Waals surface area contributed by atoms with Gasteiger partial charge >= 0.3 is 6.43 Å². The third kappa shape index (κ3) is 5.26. The Morgan fingerprint density at radius 1 is 1.29 bits per heavy atom. The van der Waals surface area contributed by atoms with Crippen LogP contribution >= 0.6 is 0 Å². The Bertz CT molecular complexity index is 874. The summed E-state index contributed by atoms with van der Waals surface area (Å²) >= 11 is 0. The van der Waals surface area contributed by atoms with E-state index in [0.717, 1.165) is 44.1 Å². The lowest BCUT2D eigenvalue weighted by molar-refractivity contribution is -0.122. The Balaban J connectivity index is 1.73. The molecule has 0 spiro atoms. The Morgan fingerprint density at radius 3 is 2.74 bits per heavy atom. The molecule has 1 aliphatic heterocycles. The van der Waals surface area contributed by atoms with Crippen LogP contribution in [-0.2, 0) is 16.1 Å². The predicted molar refractivity (Wildman–Crippen MR) is 112 cm³/mol. The highest BCUT2D eigenvalue weighted by Gasteiger charge is 2.38. The van der Waals surface area contributed by atoms with E-state index >= 15 is 0 Å². The number of hydrogen-bond donors (Lipinski definition) is 3. The molecular formula is C22H28F2N4O3. The molecule has 9 heteroatoms. The summed E-state index contributed by atoms with van der Waals surface area (Å²) in [6.07, 6.45) is 2.74. The molecule has 31 heavy (non-hydrogen) atoms. The molecule has 0 aromatic heterocycles.